The van der Waals surface area contributed by atoms with Gasteiger partial charge in [-0.15, -0.1) is 0 Å². The first-order chi connectivity index (χ1) is 21.2. The highest BCUT2D eigenvalue weighted by molar-refractivity contribution is 6.30. The number of hydrogen-bond donors (Lipinski definition) is 4. The van der Waals surface area contributed by atoms with Crippen molar-refractivity contribution in [2.75, 3.05) is 61.3 Å². The Kier molecular flexibility index (Phi) is 23.8. The van der Waals surface area contributed by atoms with E-state index in [0.29, 0.717) is 48.2 Å². The van der Waals surface area contributed by atoms with Gasteiger partial charge in [0.2, 0.25) is 0 Å². The van der Waals surface area contributed by atoms with Crippen molar-refractivity contribution in [3.8, 4) is 5.75 Å². The molecule has 2 rings (SSSR count). The number of halogens is 4. The lowest BCUT2D eigenvalue weighted by Crippen LogP contribution is -2.36. The fraction of sp³-hybridized carbons (Fsp3) is 0.548. The second-order valence-electron chi connectivity index (χ2n) is 9.63. The number of carbonyl (C=O) groups excluding carboxylic acids is 2. The average molecular weight is 650 g/mol. The van der Waals surface area contributed by atoms with Gasteiger partial charge in [0.25, 0.3) is 6.43 Å². The molecule has 9 nitrogen and oxygen atoms in total. The third-order valence-electron chi connectivity index (χ3n) is 6.16. The van der Waals surface area contributed by atoms with Crippen LogP contribution in [0.3, 0.4) is 0 Å². The molecule has 0 radical (unpaired) electrons. The third-order valence-corrected chi connectivity index (χ3v) is 6.39. The van der Waals surface area contributed by atoms with Gasteiger partial charge in [0.05, 0.1) is 20.9 Å². The van der Waals surface area contributed by atoms with Gasteiger partial charge in [-0.3, -0.25) is 9.18 Å². The Hall–Kier alpha value is -2.90. The van der Waals surface area contributed by atoms with Crippen LogP contribution in [0.15, 0.2) is 42.5 Å². The predicted octanol–water partition coefficient (Wildman–Crippen LogP) is 5.44. The number of alkyl carbamates (subject to hydrolysis) is 1. The van der Waals surface area contributed by atoms with E-state index in [0.717, 1.165) is 19.4 Å². The minimum Gasteiger partial charge on any atom is -0.488 e. The van der Waals surface area contributed by atoms with E-state index in [1.807, 2.05) is 14.1 Å². The van der Waals surface area contributed by atoms with Crippen molar-refractivity contribution in [2.45, 2.75) is 44.8 Å². The number of aliphatic hydroxyl groups excluding tert-OH is 1. The summed E-state index contributed by atoms with van der Waals surface area (Å²) < 4.78 is 49.9. The summed E-state index contributed by atoms with van der Waals surface area (Å²) in [6.07, 6.45) is -0.109. The number of benzene rings is 2. The fourth-order valence-electron chi connectivity index (χ4n) is 4.16. The molecule has 2 aromatic carbocycles. The number of amides is 1. The maximum atomic E-state index is 12.5. The molecule has 2 unspecified atom stereocenters. The lowest BCUT2D eigenvalue weighted by Gasteiger charge is -2.21. The number of aliphatic hydroxyl groups is 1. The Bertz CT molecular complexity index is 1050. The standard InChI is InChI=1S/C20H20ClF2NO5.C10H24N2O.CH3F/c1-27-20(26)24-5-6-28-19(14-3-2-4-16(21)9-14)15-7-13(11-25)8-17(10-15)29-12-18(22)23;1-9(5-4-6-13)7-10(12-3)8-11-2;1-2/h2-4,7-11,18-19H,5-6,12H2,1H3,(H,24,26);9-13H,4-8H2,1-3H3;1H3/t;9-,10?;/m.1./s1. The zero-order valence-corrected chi connectivity index (χ0v) is 26.8. The summed E-state index contributed by atoms with van der Waals surface area (Å²) in [5.41, 5.74) is 1.44. The monoisotopic (exact) mass is 649 g/mol. The second kappa shape index (κ2) is 25.4. The molecule has 13 heteroatoms. The number of methoxy groups -OCH3 is 1. The molecule has 250 valence electrons. The van der Waals surface area contributed by atoms with Crippen LogP contribution in [0, 0.1) is 5.92 Å². The summed E-state index contributed by atoms with van der Waals surface area (Å²) in [5.74, 6) is 0.811. The maximum Gasteiger partial charge on any atom is 0.406 e. The number of alkyl halides is 3. The van der Waals surface area contributed by atoms with Crippen molar-refractivity contribution in [3.63, 3.8) is 0 Å². The summed E-state index contributed by atoms with van der Waals surface area (Å²) in [5, 5.41) is 18.1. The molecule has 0 saturated carbocycles. The van der Waals surface area contributed by atoms with Crippen molar-refractivity contribution in [1.82, 2.24) is 16.0 Å². The molecule has 0 fully saturated rings. The van der Waals surface area contributed by atoms with Crippen LogP contribution in [-0.2, 0) is 9.47 Å². The molecule has 0 bridgehead atoms. The molecule has 0 aliphatic carbocycles. The van der Waals surface area contributed by atoms with Gasteiger partial charge in [0, 0.05) is 36.3 Å². The van der Waals surface area contributed by atoms with E-state index >= 15 is 0 Å². The Labute approximate surface area is 263 Å². The Morgan fingerprint density at radius 2 is 1.84 bits per heavy atom. The van der Waals surface area contributed by atoms with Crippen molar-refractivity contribution in [1.29, 1.82) is 0 Å². The number of likely N-dealkylation sites (N-methyl/N-ethyl adjacent to an activating group) is 2. The van der Waals surface area contributed by atoms with Gasteiger partial charge < -0.3 is 35.3 Å². The van der Waals surface area contributed by atoms with Crippen LogP contribution >= 0.6 is 11.6 Å². The van der Waals surface area contributed by atoms with E-state index < -0.39 is 25.2 Å². The van der Waals surface area contributed by atoms with Crippen molar-refractivity contribution >= 4 is 24.0 Å². The number of aldehydes is 1. The van der Waals surface area contributed by atoms with Crippen LogP contribution in [0.2, 0.25) is 5.02 Å². The summed E-state index contributed by atoms with van der Waals surface area (Å²) in [4.78, 5) is 22.5. The molecule has 1 amide bonds. The quantitative estimate of drug-likeness (QED) is 0.125. The van der Waals surface area contributed by atoms with E-state index in [4.69, 9.17) is 26.2 Å². The highest BCUT2D eigenvalue weighted by Crippen LogP contribution is 2.31. The van der Waals surface area contributed by atoms with E-state index in [1.54, 1.807) is 30.3 Å². The first kappa shape index (κ1) is 41.1. The minimum atomic E-state index is -2.65. The van der Waals surface area contributed by atoms with Gasteiger partial charge in [-0.25, -0.2) is 13.6 Å². The lowest BCUT2D eigenvalue weighted by molar-refractivity contribution is 0.0772. The molecule has 0 aliphatic heterocycles. The fourth-order valence-corrected chi connectivity index (χ4v) is 4.36. The van der Waals surface area contributed by atoms with Gasteiger partial charge in [-0.1, -0.05) is 30.7 Å². The smallest absolute Gasteiger partial charge is 0.406 e. The molecule has 2 aromatic rings. The van der Waals surface area contributed by atoms with E-state index in [1.165, 1.54) is 25.7 Å². The summed E-state index contributed by atoms with van der Waals surface area (Å²) >= 11 is 6.08. The molecule has 0 aliphatic rings. The van der Waals surface area contributed by atoms with Crippen molar-refractivity contribution in [3.05, 3.63) is 64.2 Å². The molecule has 3 atom stereocenters. The summed E-state index contributed by atoms with van der Waals surface area (Å²) in [6, 6.07) is 11.9. The predicted molar refractivity (Wildman–Crippen MR) is 167 cm³/mol. The van der Waals surface area contributed by atoms with Crippen LogP contribution in [0.5, 0.6) is 5.75 Å². The highest BCUT2D eigenvalue weighted by Gasteiger charge is 2.18. The van der Waals surface area contributed by atoms with Crippen molar-refractivity contribution < 1.29 is 42.1 Å². The van der Waals surface area contributed by atoms with E-state index in [2.05, 4.69) is 27.6 Å². The Morgan fingerprint density at radius 1 is 1.11 bits per heavy atom. The van der Waals surface area contributed by atoms with Crippen LogP contribution in [0.1, 0.15) is 53.8 Å². The van der Waals surface area contributed by atoms with Crippen LogP contribution in [0.4, 0.5) is 18.0 Å². The first-order valence-electron chi connectivity index (χ1n) is 14.2. The van der Waals surface area contributed by atoms with Crippen molar-refractivity contribution in [2.24, 2.45) is 5.92 Å². The van der Waals surface area contributed by atoms with E-state index in [-0.39, 0.29) is 24.5 Å². The van der Waals surface area contributed by atoms with Crippen LogP contribution < -0.4 is 20.7 Å². The zero-order chi connectivity index (χ0) is 33.3. The number of nitrogens with one attached hydrogen (secondary N) is 3. The SMILES string of the molecule is CF.CNCC(C[C@H](C)CCCO)NC.COC(=O)NCCOC(c1cccc(Cl)c1)c1cc(C=O)cc(OCC(F)F)c1. The van der Waals surface area contributed by atoms with Gasteiger partial charge in [0.1, 0.15) is 24.7 Å². The highest BCUT2D eigenvalue weighted by atomic mass is 35.5. The molecular weight excluding hydrogens is 603 g/mol. The van der Waals surface area contributed by atoms with Gasteiger partial charge in [-0.05, 0) is 80.7 Å². The topological polar surface area (TPSA) is 118 Å². The molecular formula is C31H47ClF3N3O6. The number of rotatable bonds is 18. The van der Waals surface area contributed by atoms with Crippen LogP contribution in [-0.4, -0.2) is 91.2 Å². The summed E-state index contributed by atoms with van der Waals surface area (Å²) in [7, 11) is 5.72. The van der Waals surface area contributed by atoms with Gasteiger partial charge >= 0.3 is 6.09 Å². The minimum absolute atomic E-state index is 0.116. The molecule has 0 aromatic heterocycles. The third kappa shape index (κ3) is 18.0. The van der Waals surface area contributed by atoms with Gasteiger partial charge in [0.15, 0.2) is 0 Å². The zero-order valence-electron chi connectivity index (χ0n) is 26.1. The molecule has 0 heterocycles. The Balaban J connectivity index is 0.00000104. The number of carbonyl (C=O) groups is 2. The average Bonchev–Trinajstić information content (AvgIpc) is 3.03. The largest absolute Gasteiger partial charge is 0.488 e. The molecule has 4 N–H and O–H groups in total. The lowest BCUT2D eigenvalue weighted by atomic mass is 9.97. The number of hydrogen-bond acceptors (Lipinski definition) is 8. The molecule has 44 heavy (non-hydrogen) atoms. The van der Waals surface area contributed by atoms with E-state index in [9.17, 15) is 22.8 Å². The van der Waals surface area contributed by atoms with Gasteiger partial charge in [-0.2, -0.15) is 0 Å². The summed E-state index contributed by atoms with van der Waals surface area (Å²) in [6.45, 7) is 3.07. The molecule has 0 saturated heterocycles. The van der Waals surface area contributed by atoms with Crippen LogP contribution in [0.25, 0.3) is 0 Å². The Morgan fingerprint density at radius 3 is 2.41 bits per heavy atom. The molecule has 0 spiro atoms. The second-order valence-corrected chi connectivity index (χ2v) is 10.1. The number of ether oxygens (including phenoxy) is 3. The first-order valence-corrected chi connectivity index (χ1v) is 14.6. The normalized spacial score (nSPS) is 12.5. The maximum absolute atomic E-state index is 12.5.